The highest BCUT2D eigenvalue weighted by atomic mass is 35.5. The first-order valence-corrected chi connectivity index (χ1v) is 11.5. The van der Waals surface area contributed by atoms with Crippen LogP contribution in [0.1, 0.15) is 39.2 Å². The van der Waals surface area contributed by atoms with Crippen LogP contribution in [0, 0.1) is 5.82 Å². The molecule has 1 atom stereocenters. The average Bonchev–Trinajstić information content (AvgIpc) is 3.55. The molecule has 0 radical (unpaired) electrons. The van der Waals surface area contributed by atoms with Crippen LogP contribution in [0.25, 0.3) is 16.6 Å². The minimum atomic E-state index is -0.675. The number of halogens is 2. The van der Waals surface area contributed by atoms with Gasteiger partial charge in [0.15, 0.2) is 11.6 Å². The Morgan fingerprint density at radius 2 is 2.20 bits per heavy atom. The second-order valence-electron chi connectivity index (χ2n) is 8.85. The molecule has 178 valence electrons. The lowest BCUT2D eigenvalue weighted by Crippen LogP contribution is -2.41. The molecule has 0 spiro atoms. The van der Waals surface area contributed by atoms with Crippen molar-refractivity contribution >= 4 is 34.1 Å². The summed E-state index contributed by atoms with van der Waals surface area (Å²) in [6.45, 7) is 1.06. The number of fused-ring (bicyclic) bond motifs is 3. The zero-order chi connectivity index (χ0) is 24.3. The Labute approximate surface area is 204 Å². The fraction of sp³-hybridized carbons (Fsp3) is 0.250. The maximum atomic E-state index is 13.9. The van der Waals surface area contributed by atoms with Crippen LogP contribution in [-0.4, -0.2) is 60.9 Å². The summed E-state index contributed by atoms with van der Waals surface area (Å²) >= 11 is 6.54. The Morgan fingerprint density at radius 3 is 3.03 bits per heavy atom. The summed E-state index contributed by atoms with van der Waals surface area (Å²) in [6.07, 6.45) is 5.57. The third kappa shape index (κ3) is 3.65. The van der Waals surface area contributed by atoms with Crippen LogP contribution in [0.3, 0.4) is 0 Å². The summed E-state index contributed by atoms with van der Waals surface area (Å²) in [5, 5.41) is 4.97. The Morgan fingerprint density at radius 1 is 1.34 bits per heavy atom. The Hall–Kier alpha value is -3.76. The quantitative estimate of drug-likeness (QED) is 0.408. The molecule has 0 bridgehead atoms. The summed E-state index contributed by atoms with van der Waals surface area (Å²) in [5.41, 5.74) is 4.30. The van der Waals surface area contributed by atoms with E-state index in [0.717, 1.165) is 11.3 Å². The third-order valence-electron chi connectivity index (χ3n) is 6.19. The van der Waals surface area contributed by atoms with E-state index in [1.807, 2.05) is 25.2 Å². The Bertz CT molecular complexity index is 1590. The van der Waals surface area contributed by atoms with Crippen LogP contribution in [0.5, 0.6) is 0 Å². The van der Waals surface area contributed by atoms with Crippen molar-refractivity contribution in [1.82, 2.24) is 34.4 Å². The number of nitrogens with one attached hydrogen (secondary N) is 1. The summed E-state index contributed by atoms with van der Waals surface area (Å²) < 4.78 is 21.4. The summed E-state index contributed by atoms with van der Waals surface area (Å²) in [5.74, 6) is -0.385. The first-order chi connectivity index (χ1) is 16.9. The van der Waals surface area contributed by atoms with Gasteiger partial charge in [-0.2, -0.15) is 5.10 Å². The molecule has 4 aromatic heterocycles. The standard InChI is InChI=1S/C24H21ClFN7O2/c1-31(2)10-13-11-33-19(8-16(13)25)15(9-29-33)24(34)32-6-5-17-21(28-12-27-17)22(32)23-30-18-7-14(26)3-4-20(18)35-23/h3-4,7-9,11-12,22H,5-6,10H2,1-2H3,(H,27,28)/t22-/m0/s1. The van der Waals surface area contributed by atoms with E-state index in [1.165, 1.54) is 18.2 Å². The number of oxazole rings is 1. The van der Waals surface area contributed by atoms with E-state index in [4.69, 9.17) is 16.0 Å². The molecule has 35 heavy (non-hydrogen) atoms. The van der Waals surface area contributed by atoms with Gasteiger partial charge in [0.05, 0.1) is 29.3 Å². The van der Waals surface area contributed by atoms with E-state index in [2.05, 4.69) is 20.1 Å². The van der Waals surface area contributed by atoms with Crippen LogP contribution >= 0.6 is 11.6 Å². The lowest BCUT2D eigenvalue weighted by atomic mass is 10.0. The number of carbonyl (C=O) groups is 1. The van der Waals surface area contributed by atoms with Gasteiger partial charge in [-0.15, -0.1) is 0 Å². The van der Waals surface area contributed by atoms with Crippen molar-refractivity contribution in [1.29, 1.82) is 0 Å². The predicted molar refractivity (Wildman–Crippen MR) is 127 cm³/mol. The van der Waals surface area contributed by atoms with Gasteiger partial charge in [0.25, 0.3) is 5.91 Å². The number of amides is 1. The third-order valence-corrected chi connectivity index (χ3v) is 6.54. The molecule has 1 aliphatic rings. The molecule has 5 heterocycles. The fourth-order valence-electron chi connectivity index (χ4n) is 4.60. The molecule has 1 N–H and O–H groups in total. The maximum absolute atomic E-state index is 13.9. The van der Waals surface area contributed by atoms with Gasteiger partial charge in [0.1, 0.15) is 11.3 Å². The zero-order valence-electron chi connectivity index (χ0n) is 19.0. The van der Waals surface area contributed by atoms with Crippen molar-refractivity contribution in [2.24, 2.45) is 0 Å². The number of rotatable bonds is 4. The zero-order valence-corrected chi connectivity index (χ0v) is 19.8. The monoisotopic (exact) mass is 493 g/mol. The van der Waals surface area contributed by atoms with Crippen molar-refractivity contribution in [3.63, 3.8) is 0 Å². The van der Waals surface area contributed by atoms with Crippen molar-refractivity contribution in [3.8, 4) is 0 Å². The summed E-state index contributed by atoms with van der Waals surface area (Å²) in [4.78, 5) is 29.7. The van der Waals surface area contributed by atoms with Gasteiger partial charge in [0.2, 0.25) is 5.89 Å². The number of aromatic nitrogens is 5. The van der Waals surface area contributed by atoms with Gasteiger partial charge in [-0.1, -0.05) is 11.6 Å². The van der Waals surface area contributed by atoms with Crippen molar-refractivity contribution in [2.45, 2.75) is 19.0 Å². The van der Waals surface area contributed by atoms with Gasteiger partial charge >= 0.3 is 0 Å². The first kappa shape index (κ1) is 21.8. The van der Waals surface area contributed by atoms with Crippen LogP contribution < -0.4 is 0 Å². The highest BCUT2D eigenvalue weighted by Crippen LogP contribution is 2.36. The number of aromatic amines is 1. The van der Waals surface area contributed by atoms with Gasteiger partial charge in [-0.3, -0.25) is 4.79 Å². The van der Waals surface area contributed by atoms with Gasteiger partial charge in [0, 0.05) is 48.1 Å². The van der Waals surface area contributed by atoms with E-state index >= 15 is 0 Å². The van der Waals surface area contributed by atoms with E-state index in [-0.39, 0.29) is 11.8 Å². The molecule has 0 unspecified atom stereocenters. The molecular formula is C24H21ClFN7O2. The topological polar surface area (TPSA) is 95.6 Å². The smallest absolute Gasteiger partial charge is 0.258 e. The minimum Gasteiger partial charge on any atom is -0.438 e. The van der Waals surface area contributed by atoms with Gasteiger partial charge in [-0.05, 0) is 32.3 Å². The number of H-pyrrole nitrogens is 1. The number of carbonyl (C=O) groups excluding carboxylic acids is 1. The number of hydrogen-bond acceptors (Lipinski definition) is 6. The number of nitrogens with zero attached hydrogens (tertiary/aromatic N) is 6. The Balaban J connectivity index is 1.43. The van der Waals surface area contributed by atoms with E-state index in [9.17, 15) is 9.18 Å². The molecule has 9 nitrogen and oxygen atoms in total. The van der Waals surface area contributed by atoms with Crippen molar-refractivity contribution in [3.05, 3.63) is 82.2 Å². The highest BCUT2D eigenvalue weighted by Gasteiger charge is 2.38. The Kier molecular flexibility index (Phi) is 5.08. The lowest BCUT2D eigenvalue weighted by molar-refractivity contribution is 0.0669. The van der Waals surface area contributed by atoms with E-state index < -0.39 is 11.9 Å². The van der Waals surface area contributed by atoms with E-state index in [1.54, 1.807) is 28.0 Å². The average molecular weight is 494 g/mol. The molecule has 1 aromatic carbocycles. The first-order valence-electron chi connectivity index (χ1n) is 11.1. The number of pyridine rings is 1. The van der Waals surface area contributed by atoms with Crippen LogP contribution in [0.15, 0.2) is 47.4 Å². The molecule has 11 heteroatoms. The van der Waals surface area contributed by atoms with Crippen LogP contribution in [0.2, 0.25) is 5.02 Å². The molecule has 0 fully saturated rings. The SMILES string of the molecule is CN(C)Cc1cn2ncc(C(=O)N3CCc4[nH]cnc4[C@H]3c3nc4cc(F)ccc4o3)c2cc1Cl. The largest absolute Gasteiger partial charge is 0.438 e. The number of imidazole rings is 1. The normalized spacial score (nSPS) is 15.9. The van der Waals surface area contributed by atoms with Gasteiger partial charge < -0.3 is 19.2 Å². The van der Waals surface area contributed by atoms with Crippen molar-refractivity contribution in [2.75, 3.05) is 20.6 Å². The summed E-state index contributed by atoms with van der Waals surface area (Å²) in [6, 6.07) is 5.24. The number of hydrogen-bond donors (Lipinski definition) is 1. The van der Waals surface area contributed by atoms with Gasteiger partial charge in [-0.25, -0.2) is 18.9 Å². The highest BCUT2D eigenvalue weighted by molar-refractivity contribution is 6.31. The molecule has 1 amide bonds. The molecule has 0 aliphatic carbocycles. The molecule has 6 rings (SSSR count). The second-order valence-corrected chi connectivity index (χ2v) is 9.26. The molecule has 5 aromatic rings. The summed E-state index contributed by atoms with van der Waals surface area (Å²) in [7, 11) is 3.91. The molecule has 0 saturated heterocycles. The molecule has 0 saturated carbocycles. The predicted octanol–water partition coefficient (Wildman–Crippen LogP) is 3.84. The number of benzene rings is 1. The second kappa shape index (κ2) is 8.17. The van der Waals surface area contributed by atoms with Crippen LogP contribution in [0.4, 0.5) is 4.39 Å². The fourth-order valence-corrected chi connectivity index (χ4v) is 4.81. The van der Waals surface area contributed by atoms with E-state index in [0.29, 0.717) is 52.4 Å². The molecule has 1 aliphatic heterocycles. The van der Waals surface area contributed by atoms with Crippen LogP contribution in [-0.2, 0) is 13.0 Å². The van der Waals surface area contributed by atoms with Crippen molar-refractivity contribution < 1.29 is 13.6 Å². The lowest BCUT2D eigenvalue weighted by Gasteiger charge is -2.32. The molecular weight excluding hydrogens is 473 g/mol. The maximum Gasteiger partial charge on any atom is 0.258 e. The minimum absolute atomic E-state index is 0.247.